The van der Waals surface area contributed by atoms with Crippen LogP contribution in [0.5, 0.6) is 5.75 Å². The molecule has 112 valence electrons. The molecule has 1 N–H and O–H groups in total. The summed E-state index contributed by atoms with van der Waals surface area (Å²) >= 11 is 0. The van der Waals surface area contributed by atoms with Crippen LogP contribution in [0.15, 0.2) is 41.8 Å². The normalized spacial score (nSPS) is 12.5. The molecule has 0 aliphatic rings. The van der Waals surface area contributed by atoms with Crippen LogP contribution >= 0.6 is 0 Å². The third-order valence-electron chi connectivity index (χ3n) is 3.01. The number of para-hydroxylation sites is 1. The van der Waals surface area contributed by atoms with Gasteiger partial charge >= 0.3 is 0 Å². The maximum Gasteiger partial charge on any atom is 0.242 e. The fraction of sp³-hybridized carbons (Fsp3) is 0.375. The van der Waals surface area contributed by atoms with E-state index in [0.29, 0.717) is 0 Å². The summed E-state index contributed by atoms with van der Waals surface area (Å²) in [5.74, 6) is 1.01. The number of nitrogens with one attached hydrogen (secondary N) is 1. The highest BCUT2D eigenvalue weighted by Gasteiger charge is 2.17. The van der Waals surface area contributed by atoms with Crippen molar-refractivity contribution in [3.8, 4) is 5.75 Å². The first kappa shape index (κ1) is 15.5. The van der Waals surface area contributed by atoms with Gasteiger partial charge in [-0.3, -0.25) is 4.99 Å². The zero-order valence-corrected chi connectivity index (χ0v) is 14.2. The molecule has 0 radical (unpaired) electrons. The number of aromatic nitrogens is 2. The minimum atomic E-state index is -1.58. The summed E-state index contributed by atoms with van der Waals surface area (Å²) in [6, 6.07) is 8.26. The van der Waals surface area contributed by atoms with Gasteiger partial charge in [-0.15, -0.1) is 0 Å². The largest absolute Gasteiger partial charge is 0.544 e. The zero-order chi connectivity index (χ0) is 15.3. The van der Waals surface area contributed by atoms with Crippen molar-refractivity contribution in [2.45, 2.75) is 33.0 Å². The SMILES string of the molecule is CC(=NCCc1ccccc1O[Si](C)(C)C)c1cnc[nH]1. The summed E-state index contributed by atoms with van der Waals surface area (Å²) in [6.07, 6.45) is 4.35. The first-order valence-corrected chi connectivity index (χ1v) is 10.6. The zero-order valence-electron chi connectivity index (χ0n) is 13.2. The Balaban J connectivity index is 2.02. The van der Waals surface area contributed by atoms with Crippen LogP contribution < -0.4 is 4.43 Å². The van der Waals surface area contributed by atoms with Crippen LogP contribution in [0.25, 0.3) is 0 Å². The number of hydrogen-bond acceptors (Lipinski definition) is 3. The van der Waals surface area contributed by atoms with E-state index in [9.17, 15) is 0 Å². The molecule has 0 aliphatic carbocycles. The molecule has 21 heavy (non-hydrogen) atoms. The van der Waals surface area contributed by atoms with Crippen molar-refractivity contribution < 1.29 is 4.43 Å². The molecule has 2 aromatic rings. The number of aliphatic imine (C=N–C) groups is 1. The van der Waals surface area contributed by atoms with Gasteiger partial charge in [-0.25, -0.2) is 4.98 Å². The quantitative estimate of drug-likeness (QED) is 0.653. The number of nitrogens with zero attached hydrogens (tertiary/aromatic N) is 2. The molecule has 5 heteroatoms. The smallest absolute Gasteiger partial charge is 0.242 e. The van der Waals surface area contributed by atoms with Gasteiger partial charge in [-0.2, -0.15) is 0 Å². The van der Waals surface area contributed by atoms with Crippen LogP contribution in [0.3, 0.4) is 0 Å². The number of benzene rings is 1. The van der Waals surface area contributed by atoms with Crippen molar-refractivity contribution in [2.24, 2.45) is 4.99 Å². The molecule has 0 atom stereocenters. The van der Waals surface area contributed by atoms with Gasteiger partial charge in [0, 0.05) is 6.54 Å². The van der Waals surface area contributed by atoms with Crippen LogP contribution in [-0.4, -0.2) is 30.5 Å². The highest BCUT2D eigenvalue weighted by Crippen LogP contribution is 2.22. The lowest BCUT2D eigenvalue weighted by molar-refractivity contribution is 0.549. The molecule has 0 fully saturated rings. The van der Waals surface area contributed by atoms with Crippen LogP contribution in [0.2, 0.25) is 19.6 Å². The average molecular weight is 301 g/mol. The Kier molecular flexibility index (Phi) is 4.96. The molecular formula is C16H23N3OSi. The third-order valence-corrected chi connectivity index (χ3v) is 3.84. The molecule has 1 aromatic carbocycles. The van der Waals surface area contributed by atoms with Crippen molar-refractivity contribution in [3.63, 3.8) is 0 Å². The summed E-state index contributed by atoms with van der Waals surface area (Å²) in [7, 11) is -1.58. The second-order valence-corrected chi connectivity index (χ2v) is 10.4. The van der Waals surface area contributed by atoms with E-state index in [4.69, 9.17) is 4.43 Å². The molecule has 0 spiro atoms. The number of H-pyrrole nitrogens is 1. The van der Waals surface area contributed by atoms with Crippen molar-refractivity contribution in [3.05, 3.63) is 48.0 Å². The Morgan fingerprint density at radius 1 is 1.29 bits per heavy atom. The predicted octanol–water partition coefficient (Wildman–Crippen LogP) is 3.68. The maximum absolute atomic E-state index is 6.14. The van der Waals surface area contributed by atoms with Gasteiger partial charge in [-0.05, 0) is 44.6 Å². The van der Waals surface area contributed by atoms with Gasteiger partial charge in [-0.1, -0.05) is 18.2 Å². The first-order chi connectivity index (χ1) is 9.96. The minimum Gasteiger partial charge on any atom is -0.544 e. The molecule has 0 saturated heterocycles. The first-order valence-electron chi connectivity index (χ1n) is 7.22. The Hall–Kier alpha value is -1.88. The molecule has 0 bridgehead atoms. The summed E-state index contributed by atoms with van der Waals surface area (Å²) in [5, 5.41) is 0. The molecule has 0 saturated carbocycles. The molecular weight excluding hydrogens is 278 g/mol. The van der Waals surface area contributed by atoms with Crippen molar-refractivity contribution in [2.75, 3.05) is 6.54 Å². The Morgan fingerprint density at radius 2 is 2.05 bits per heavy atom. The lowest BCUT2D eigenvalue weighted by Crippen LogP contribution is -2.29. The van der Waals surface area contributed by atoms with Crippen molar-refractivity contribution in [1.29, 1.82) is 0 Å². The van der Waals surface area contributed by atoms with E-state index in [2.05, 4.69) is 52.8 Å². The van der Waals surface area contributed by atoms with Gasteiger partial charge in [0.2, 0.25) is 8.32 Å². The van der Waals surface area contributed by atoms with E-state index in [0.717, 1.165) is 30.1 Å². The van der Waals surface area contributed by atoms with Gasteiger partial charge in [0.15, 0.2) is 0 Å². The minimum absolute atomic E-state index is 0.747. The lowest BCUT2D eigenvalue weighted by atomic mass is 10.1. The molecule has 0 unspecified atom stereocenters. The predicted molar refractivity (Wildman–Crippen MR) is 89.8 cm³/mol. The van der Waals surface area contributed by atoms with Gasteiger partial charge in [0.05, 0.1) is 23.9 Å². The molecule has 1 aromatic heterocycles. The summed E-state index contributed by atoms with van der Waals surface area (Å²) in [6.45, 7) is 9.34. The topological polar surface area (TPSA) is 50.3 Å². The van der Waals surface area contributed by atoms with E-state index in [1.54, 1.807) is 12.5 Å². The summed E-state index contributed by atoms with van der Waals surface area (Å²) in [4.78, 5) is 11.7. The number of hydrogen-bond donors (Lipinski definition) is 1. The molecule has 0 aliphatic heterocycles. The summed E-state index contributed by atoms with van der Waals surface area (Å²) < 4.78 is 6.14. The fourth-order valence-corrected chi connectivity index (χ4v) is 2.88. The Labute approximate surface area is 127 Å². The van der Waals surface area contributed by atoms with E-state index in [-0.39, 0.29) is 0 Å². The van der Waals surface area contributed by atoms with E-state index in [1.165, 1.54) is 5.56 Å². The van der Waals surface area contributed by atoms with Gasteiger partial charge < -0.3 is 9.41 Å². The molecule has 0 amide bonds. The molecule has 2 rings (SSSR count). The molecule has 4 nitrogen and oxygen atoms in total. The van der Waals surface area contributed by atoms with E-state index < -0.39 is 8.32 Å². The Bertz CT molecular complexity index is 600. The molecule has 1 heterocycles. The second kappa shape index (κ2) is 6.71. The van der Waals surface area contributed by atoms with E-state index >= 15 is 0 Å². The highest BCUT2D eigenvalue weighted by atomic mass is 28.4. The van der Waals surface area contributed by atoms with Crippen molar-refractivity contribution in [1.82, 2.24) is 9.97 Å². The number of rotatable bonds is 6. The van der Waals surface area contributed by atoms with Crippen molar-refractivity contribution >= 4 is 14.0 Å². The van der Waals surface area contributed by atoms with Crippen LogP contribution in [0.4, 0.5) is 0 Å². The maximum atomic E-state index is 6.14. The third kappa shape index (κ3) is 4.86. The lowest BCUT2D eigenvalue weighted by Gasteiger charge is -2.21. The number of aromatic amines is 1. The fourth-order valence-electron chi connectivity index (χ4n) is 2.02. The van der Waals surface area contributed by atoms with E-state index in [1.807, 2.05) is 13.0 Å². The average Bonchev–Trinajstić information content (AvgIpc) is 2.93. The van der Waals surface area contributed by atoms with Gasteiger partial charge in [0.1, 0.15) is 5.75 Å². The number of imidazole rings is 1. The standard InChI is InChI=1S/C16H23N3OSi/c1-13(15-11-17-12-19-15)18-10-9-14-7-5-6-8-16(14)20-21(2,3)4/h5-8,11-12H,9-10H2,1-4H3,(H,17,19). The van der Waals surface area contributed by atoms with Crippen LogP contribution in [0.1, 0.15) is 18.2 Å². The Morgan fingerprint density at radius 3 is 2.71 bits per heavy atom. The van der Waals surface area contributed by atoms with Gasteiger partial charge in [0.25, 0.3) is 0 Å². The monoisotopic (exact) mass is 301 g/mol. The van der Waals surface area contributed by atoms with Crippen LogP contribution in [-0.2, 0) is 6.42 Å². The van der Waals surface area contributed by atoms with Crippen LogP contribution in [0, 0.1) is 0 Å². The highest BCUT2D eigenvalue weighted by molar-refractivity contribution is 6.70. The summed E-state index contributed by atoms with van der Waals surface area (Å²) in [5.41, 5.74) is 3.18. The second-order valence-electron chi connectivity index (χ2n) is 6.00.